The topological polar surface area (TPSA) is 38.3 Å². The number of hydrogen-bond acceptors (Lipinski definition) is 2. The quantitative estimate of drug-likeness (QED) is 0.620. The second kappa shape index (κ2) is 3.72. The molecule has 3 nitrogen and oxygen atoms in total. The summed E-state index contributed by atoms with van der Waals surface area (Å²) in [4.78, 5) is 15.9. The van der Waals surface area contributed by atoms with E-state index in [1.165, 1.54) is 12.8 Å². The molecule has 1 rings (SSSR count). The summed E-state index contributed by atoms with van der Waals surface area (Å²) in [6.45, 7) is 4.37. The van der Waals surface area contributed by atoms with E-state index >= 15 is 0 Å². The van der Waals surface area contributed by atoms with Crippen LogP contribution in [0.5, 0.6) is 0 Å². The minimum atomic E-state index is -0.0364. The van der Waals surface area contributed by atoms with Crippen molar-refractivity contribution in [1.29, 1.82) is 0 Å². The molecule has 0 spiro atoms. The third-order valence-corrected chi connectivity index (χ3v) is 1.71. The van der Waals surface area contributed by atoms with Gasteiger partial charge in [0, 0.05) is 5.92 Å². The Kier molecular flexibility index (Phi) is 2.88. The summed E-state index contributed by atoms with van der Waals surface area (Å²) in [7, 11) is 0. The number of carbonyl (C=O) groups excluding carboxylic acids is 1. The van der Waals surface area contributed by atoms with Gasteiger partial charge in [0.1, 0.15) is 0 Å². The van der Waals surface area contributed by atoms with Crippen LogP contribution < -0.4 is 5.48 Å². The molecule has 0 radical (unpaired) electrons. The molecule has 64 valence electrons. The Morgan fingerprint density at radius 2 is 2.27 bits per heavy atom. The van der Waals surface area contributed by atoms with Crippen LogP contribution in [0.3, 0.4) is 0 Å². The Morgan fingerprint density at radius 1 is 1.64 bits per heavy atom. The molecule has 0 bridgehead atoms. The maximum absolute atomic E-state index is 10.9. The Bertz CT molecular complexity index is 141. The number of carbonyl (C=O) groups is 1. The van der Waals surface area contributed by atoms with E-state index in [0.717, 1.165) is 0 Å². The molecule has 1 aliphatic carbocycles. The monoisotopic (exact) mass is 157 g/mol. The van der Waals surface area contributed by atoms with Gasteiger partial charge in [0.25, 0.3) is 0 Å². The van der Waals surface area contributed by atoms with Crippen molar-refractivity contribution in [3.63, 3.8) is 0 Å². The molecule has 1 amide bonds. The molecule has 0 aromatic carbocycles. The average Bonchev–Trinajstić information content (AvgIpc) is 2.71. The minimum absolute atomic E-state index is 0.00852. The zero-order valence-corrected chi connectivity index (χ0v) is 7.09. The zero-order chi connectivity index (χ0) is 8.27. The van der Waals surface area contributed by atoms with Crippen molar-refractivity contribution in [2.45, 2.75) is 26.7 Å². The zero-order valence-electron chi connectivity index (χ0n) is 7.09. The molecule has 0 atom stereocenters. The van der Waals surface area contributed by atoms with Gasteiger partial charge in [-0.25, -0.2) is 5.48 Å². The Hall–Kier alpha value is -0.570. The van der Waals surface area contributed by atoms with E-state index < -0.39 is 0 Å². The van der Waals surface area contributed by atoms with Gasteiger partial charge >= 0.3 is 0 Å². The van der Waals surface area contributed by atoms with Crippen molar-refractivity contribution in [1.82, 2.24) is 5.48 Å². The number of amides is 1. The smallest absolute Gasteiger partial charge is 0.246 e. The van der Waals surface area contributed by atoms with Crippen molar-refractivity contribution < 1.29 is 9.63 Å². The number of hydroxylamine groups is 1. The first-order chi connectivity index (χ1) is 5.20. The van der Waals surface area contributed by atoms with Gasteiger partial charge in [-0.3, -0.25) is 9.63 Å². The van der Waals surface area contributed by atoms with E-state index in [9.17, 15) is 4.79 Å². The third-order valence-electron chi connectivity index (χ3n) is 1.71. The fraction of sp³-hybridized carbons (Fsp3) is 0.875. The maximum Gasteiger partial charge on any atom is 0.246 e. The highest BCUT2D eigenvalue weighted by molar-refractivity contribution is 5.76. The molecule has 0 saturated heterocycles. The Balaban J connectivity index is 1.96. The number of hydrogen-bond donors (Lipinski definition) is 1. The predicted octanol–water partition coefficient (Wildman–Crippen LogP) is 1.10. The Morgan fingerprint density at radius 3 is 2.73 bits per heavy atom. The first-order valence-corrected chi connectivity index (χ1v) is 4.12. The van der Waals surface area contributed by atoms with Crippen LogP contribution in [-0.4, -0.2) is 12.5 Å². The summed E-state index contributed by atoms with van der Waals surface area (Å²) in [5.74, 6) is 0.669. The van der Waals surface area contributed by atoms with Crippen LogP contribution in [0.4, 0.5) is 0 Å². The van der Waals surface area contributed by atoms with Gasteiger partial charge in [-0.05, 0) is 18.8 Å². The van der Waals surface area contributed by atoms with Gasteiger partial charge in [-0.1, -0.05) is 13.8 Å². The van der Waals surface area contributed by atoms with Crippen LogP contribution in [0.25, 0.3) is 0 Å². The lowest BCUT2D eigenvalue weighted by atomic mass is 10.2. The first-order valence-electron chi connectivity index (χ1n) is 4.12. The number of nitrogens with one attached hydrogen (secondary N) is 1. The molecule has 0 heterocycles. The van der Waals surface area contributed by atoms with Crippen LogP contribution in [0.1, 0.15) is 26.7 Å². The standard InChI is InChI=1S/C8H15NO2/c1-6(2)8(10)9-11-5-7-3-4-7/h6-7H,3-5H2,1-2H3,(H,9,10). The van der Waals surface area contributed by atoms with Crippen molar-refractivity contribution in [2.75, 3.05) is 6.61 Å². The van der Waals surface area contributed by atoms with Crippen LogP contribution in [-0.2, 0) is 9.63 Å². The van der Waals surface area contributed by atoms with E-state index in [1.54, 1.807) is 0 Å². The van der Waals surface area contributed by atoms with Crippen LogP contribution in [0.15, 0.2) is 0 Å². The van der Waals surface area contributed by atoms with Crippen LogP contribution in [0.2, 0.25) is 0 Å². The fourth-order valence-corrected chi connectivity index (χ4v) is 0.633. The lowest BCUT2D eigenvalue weighted by molar-refractivity contribution is -0.137. The first kappa shape index (κ1) is 8.53. The minimum Gasteiger partial charge on any atom is -0.273 e. The average molecular weight is 157 g/mol. The lowest BCUT2D eigenvalue weighted by Crippen LogP contribution is -2.28. The van der Waals surface area contributed by atoms with Crippen LogP contribution >= 0.6 is 0 Å². The summed E-state index contributed by atoms with van der Waals surface area (Å²) in [6, 6.07) is 0. The van der Waals surface area contributed by atoms with Crippen molar-refractivity contribution in [3.05, 3.63) is 0 Å². The van der Waals surface area contributed by atoms with Gasteiger partial charge in [-0.2, -0.15) is 0 Å². The van der Waals surface area contributed by atoms with Crippen molar-refractivity contribution in [3.8, 4) is 0 Å². The fourth-order valence-electron chi connectivity index (χ4n) is 0.633. The summed E-state index contributed by atoms with van der Waals surface area (Å²) < 4.78 is 0. The molecule has 0 unspecified atom stereocenters. The van der Waals surface area contributed by atoms with E-state index in [2.05, 4.69) is 5.48 Å². The largest absolute Gasteiger partial charge is 0.273 e. The molecule has 3 heteroatoms. The van der Waals surface area contributed by atoms with Crippen molar-refractivity contribution in [2.24, 2.45) is 11.8 Å². The SMILES string of the molecule is CC(C)C(=O)NOCC1CC1. The molecular weight excluding hydrogens is 142 g/mol. The molecular formula is C8H15NO2. The van der Waals surface area contributed by atoms with E-state index in [1.807, 2.05) is 13.8 Å². The highest BCUT2D eigenvalue weighted by Crippen LogP contribution is 2.28. The lowest BCUT2D eigenvalue weighted by Gasteiger charge is -2.06. The van der Waals surface area contributed by atoms with Crippen LogP contribution in [0, 0.1) is 11.8 Å². The van der Waals surface area contributed by atoms with Gasteiger partial charge in [-0.15, -0.1) is 0 Å². The molecule has 1 fully saturated rings. The molecule has 1 N–H and O–H groups in total. The Labute approximate surface area is 67.1 Å². The number of rotatable bonds is 4. The van der Waals surface area contributed by atoms with Gasteiger partial charge < -0.3 is 0 Å². The van der Waals surface area contributed by atoms with E-state index in [-0.39, 0.29) is 11.8 Å². The van der Waals surface area contributed by atoms with Gasteiger partial charge in [0.2, 0.25) is 5.91 Å². The summed E-state index contributed by atoms with van der Waals surface area (Å²) in [5, 5.41) is 0. The molecule has 0 aliphatic heterocycles. The third kappa shape index (κ3) is 3.37. The molecule has 11 heavy (non-hydrogen) atoms. The van der Waals surface area contributed by atoms with E-state index in [0.29, 0.717) is 12.5 Å². The summed E-state index contributed by atoms with van der Waals surface area (Å²) in [6.07, 6.45) is 2.50. The second-order valence-corrected chi connectivity index (χ2v) is 3.38. The highest BCUT2D eigenvalue weighted by atomic mass is 16.7. The maximum atomic E-state index is 10.9. The molecule has 1 saturated carbocycles. The molecule has 0 aromatic rings. The second-order valence-electron chi connectivity index (χ2n) is 3.38. The van der Waals surface area contributed by atoms with Gasteiger partial charge in [0.15, 0.2) is 0 Å². The van der Waals surface area contributed by atoms with Gasteiger partial charge in [0.05, 0.1) is 6.61 Å². The summed E-state index contributed by atoms with van der Waals surface area (Å²) >= 11 is 0. The molecule has 1 aliphatic rings. The van der Waals surface area contributed by atoms with Crippen molar-refractivity contribution >= 4 is 5.91 Å². The summed E-state index contributed by atoms with van der Waals surface area (Å²) in [5.41, 5.74) is 2.41. The molecule has 0 aromatic heterocycles. The highest BCUT2D eigenvalue weighted by Gasteiger charge is 2.21. The normalized spacial score (nSPS) is 17.0. The predicted molar refractivity (Wildman–Crippen MR) is 41.7 cm³/mol. The van der Waals surface area contributed by atoms with E-state index in [4.69, 9.17) is 4.84 Å².